The predicted molar refractivity (Wildman–Crippen MR) is 114 cm³/mol. The zero-order chi connectivity index (χ0) is 21.5. The Bertz CT molecular complexity index is 1240. The maximum Gasteiger partial charge on any atom is 0.254 e. The van der Waals surface area contributed by atoms with E-state index in [9.17, 15) is 14.0 Å². The van der Waals surface area contributed by atoms with Gasteiger partial charge in [0, 0.05) is 29.8 Å². The van der Waals surface area contributed by atoms with Crippen LogP contribution in [0.4, 0.5) is 16.0 Å². The molecule has 9 heteroatoms. The van der Waals surface area contributed by atoms with Gasteiger partial charge in [-0.2, -0.15) is 9.61 Å². The molecule has 1 aromatic carbocycles. The third-order valence-corrected chi connectivity index (χ3v) is 5.36. The van der Waals surface area contributed by atoms with Crippen LogP contribution in [-0.2, 0) is 16.1 Å². The maximum absolute atomic E-state index is 13.9. The molecule has 1 aliphatic carbocycles. The summed E-state index contributed by atoms with van der Waals surface area (Å²) in [6.07, 6.45) is 5.50. The summed E-state index contributed by atoms with van der Waals surface area (Å²) in [5.74, 6) is 0.430. The zero-order valence-corrected chi connectivity index (χ0v) is 16.9. The van der Waals surface area contributed by atoms with Crippen LogP contribution in [0.25, 0.3) is 11.7 Å². The number of hydrogen-bond donors (Lipinski definition) is 3. The van der Waals surface area contributed by atoms with E-state index in [2.05, 4.69) is 26.0 Å². The first kappa shape index (κ1) is 19.2. The highest BCUT2D eigenvalue weighted by molar-refractivity contribution is 6.15. The molecule has 2 fully saturated rings. The van der Waals surface area contributed by atoms with Gasteiger partial charge >= 0.3 is 0 Å². The van der Waals surface area contributed by atoms with Crippen molar-refractivity contribution in [1.29, 1.82) is 0 Å². The molecule has 2 aliphatic rings. The van der Waals surface area contributed by atoms with Gasteiger partial charge in [0.15, 0.2) is 5.65 Å². The summed E-state index contributed by atoms with van der Waals surface area (Å²) in [4.78, 5) is 28.1. The van der Waals surface area contributed by atoms with Crippen molar-refractivity contribution in [1.82, 2.24) is 19.9 Å². The lowest BCUT2D eigenvalue weighted by Gasteiger charge is -2.12. The Hall–Kier alpha value is -3.75. The molecular weight excluding hydrogens is 399 g/mol. The average molecular weight is 420 g/mol. The van der Waals surface area contributed by atoms with Gasteiger partial charge in [-0.3, -0.25) is 14.9 Å². The molecule has 0 bridgehead atoms. The Morgan fingerprint density at radius 1 is 1.29 bits per heavy atom. The average Bonchev–Trinajstić information content (AvgIpc) is 3.37. The molecule has 2 amide bonds. The van der Waals surface area contributed by atoms with Crippen LogP contribution in [0.5, 0.6) is 0 Å². The molecule has 8 nitrogen and oxygen atoms in total. The normalized spacial score (nSPS) is 17.4. The molecule has 1 saturated heterocycles. The lowest BCUT2D eigenvalue weighted by atomic mass is 10.1. The third kappa shape index (κ3) is 3.98. The van der Waals surface area contributed by atoms with Crippen LogP contribution in [-0.4, -0.2) is 32.5 Å². The van der Waals surface area contributed by atoms with Crippen LogP contribution in [0.15, 0.2) is 36.0 Å². The van der Waals surface area contributed by atoms with E-state index in [1.54, 1.807) is 29.8 Å². The maximum atomic E-state index is 13.9. The predicted octanol–water partition coefficient (Wildman–Crippen LogP) is 2.79. The summed E-state index contributed by atoms with van der Waals surface area (Å²) in [6.45, 7) is 2.14. The molecule has 0 atom stereocenters. The lowest BCUT2D eigenvalue weighted by Crippen LogP contribution is -2.19. The molecule has 3 aromatic rings. The minimum absolute atomic E-state index is 0.0419. The fraction of sp³-hybridized carbons (Fsp3) is 0.273. The second-order valence-electron chi connectivity index (χ2n) is 7.94. The standard InChI is InChI=1S/C22H21FN6O2/c1-12-2-3-13(6-17(12)23)10-24-18-9-19(26-16-4-5-16)29-21(27-18)15(11-25-29)7-14-8-20(30)28-22(14)31/h2-3,6-7,9,11,16,26H,4-5,8,10H2,1H3,(H,24,27)(H,28,30,31)/b14-7+. The van der Waals surface area contributed by atoms with Crippen molar-refractivity contribution < 1.29 is 14.0 Å². The minimum Gasteiger partial charge on any atom is -0.367 e. The van der Waals surface area contributed by atoms with Crippen molar-refractivity contribution >= 4 is 35.2 Å². The van der Waals surface area contributed by atoms with E-state index >= 15 is 0 Å². The van der Waals surface area contributed by atoms with Crippen molar-refractivity contribution in [3.8, 4) is 0 Å². The van der Waals surface area contributed by atoms with Crippen LogP contribution in [0.1, 0.15) is 36.0 Å². The van der Waals surface area contributed by atoms with Gasteiger partial charge in [-0.1, -0.05) is 12.1 Å². The molecular formula is C22H21FN6O2. The zero-order valence-electron chi connectivity index (χ0n) is 16.9. The molecule has 0 spiro atoms. The van der Waals surface area contributed by atoms with E-state index in [1.165, 1.54) is 6.07 Å². The molecule has 31 heavy (non-hydrogen) atoms. The number of aromatic nitrogens is 3. The summed E-state index contributed by atoms with van der Waals surface area (Å²) in [5, 5.41) is 13.4. The number of halogens is 1. The first-order valence-electron chi connectivity index (χ1n) is 10.2. The first-order chi connectivity index (χ1) is 15.0. The van der Waals surface area contributed by atoms with Gasteiger partial charge in [0.05, 0.1) is 12.6 Å². The number of carbonyl (C=O) groups is 2. The molecule has 158 valence electrons. The number of rotatable bonds is 6. The van der Waals surface area contributed by atoms with Crippen molar-refractivity contribution in [3.63, 3.8) is 0 Å². The second kappa shape index (κ2) is 7.50. The quantitative estimate of drug-likeness (QED) is 0.419. The number of benzene rings is 1. The van der Waals surface area contributed by atoms with E-state index < -0.39 is 5.91 Å². The fourth-order valence-electron chi connectivity index (χ4n) is 3.46. The van der Waals surface area contributed by atoms with Crippen LogP contribution in [0.3, 0.4) is 0 Å². The number of nitrogens with one attached hydrogen (secondary N) is 3. The van der Waals surface area contributed by atoms with E-state index in [-0.39, 0.29) is 18.1 Å². The number of amides is 2. The first-order valence-corrected chi connectivity index (χ1v) is 10.2. The van der Waals surface area contributed by atoms with Gasteiger partial charge in [-0.15, -0.1) is 0 Å². The molecule has 0 unspecified atom stereocenters. The monoisotopic (exact) mass is 420 g/mol. The Kier molecular flexibility index (Phi) is 4.65. The Balaban J connectivity index is 1.48. The van der Waals surface area contributed by atoms with Crippen LogP contribution >= 0.6 is 0 Å². The minimum atomic E-state index is -0.392. The number of carbonyl (C=O) groups excluding carboxylic acids is 2. The van der Waals surface area contributed by atoms with E-state index in [4.69, 9.17) is 0 Å². The van der Waals surface area contributed by atoms with Crippen molar-refractivity contribution in [2.75, 3.05) is 10.6 Å². The van der Waals surface area contributed by atoms with Gasteiger partial charge in [0.25, 0.3) is 5.91 Å². The molecule has 3 heterocycles. The Labute approximate surface area is 177 Å². The topological polar surface area (TPSA) is 100 Å². The molecule has 2 aromatic heterocycles. The summed E-state index contributed by atoms with van der Waals surface area (Å²) in [7, 11) is 0. The molecule has 1 aliphatic heterocycles. The summed E-state index contributed by atoms with van der Waals surface area (Å²) in [5.41, 5.74) is 2.99. The molecule has 3 N–H and O–H groups in total. The Morgan fingerprint density at radius 2 is 2.13 bits per heavy atom. The van der Waals surface area contributed by atoms with Gasteiger partial charge in [0.1, 0.15) is 17.5 Å². The van der Waals surface area contributed by atoms with E-state index in [0.29, 0.717) is 40.8 Å². The van der Waals surface area contributed by atoms with Crippen LogP contribution in [0.2, 0.25) is 0 Å². The van der Waals surface area contributed by atoms with Gasteiger partial charge in [-0.05, 0) is 43.0 Å². The van der Waals surface area contributed by atoms with Gasteiger partial charge < -0.3 is 10.6 Å². The van der Waals surface area contributed by atoms with Crippen LogP contribution < -0.4 is 16.0 Å². The summed E-state index contributed by atoms with van der Waals surface area (Å²) >= 11 is 0. The highest BCUT2D eigenvalue weighted by Gasteiger charge is 2.25. The number of aryl methyl sites for hydroxylation is 1. The smallest absolute Gasteiger partial charge is 0.254 e. The molecule has 1 saturated carbocycles. The summed E-state index contributed by atoms with van der Waals surface area (Å²) < 4.78 is 15.6. The fourth-order valence-corrected chi connectivity index (χ4v) is 3.46. The van der Waals surface area contributed by atoms with Crippen LogP contribution in [0, 0.1) is 12.7 Å². The highest BCUT2D eigenvalue weighted by atomic mass is 19.1. The number of nitrogens with zero attached hydrogens (tertiary/aromatic N) is 3. The number of imide groups is 1. The Morgan fingerprint density at radius 3 is 2.84 bits per heavy atom. The van der Waals surface area contributed by atoms with E-state index in [0.717, 1.165) is 24.2 Å². The lowest BCUT2D eigenvalue weighted by molar-refractivity contribution is -0.124. The van der Waals surface area contributed by atoms with Gasteiger partial charge in [0.2, 0.25) is 5.91 Å². The molecule has 0 radical (unpaired) electrons. The second-order valence-corrected chi connectivity index (χ2v) is 7.94. The SMILES string of the molecule is Cc1ccc(CNc2cc(NC3CC3)n3ncc(/C=C4\CC(=O)NC4=O)c3n2)cc1F. The van der Waals surface area contributed by atoms with Crippen molar-refractivity contribution in [2.24, 2.45) is 0 Å². The number of hydrogen-bond acceptors (Lipinski definition) is 6. The van der Waals surface area contributed by atoms with Crippen molar-refractivity contribution in [3.05, 3.63) is 58.5 Å². The number of anilines is 2. The molecule has 5 rings (SSSR count). The van der Waals surface area contributed by atoms with Gasteiger partial charge in [-0.25, -0.2) is 9.37 Å². The third-order valence-electron chi connectivity index (χ3n) is 5.36. The van der Waals surface area contributed by atoms with Crippen molar-refractivity contribution in [2.45, 2.75) is 38.8 Å². The van der Waals surface area contributed by atoms with E-state index in [1.807, 2.05) is 12.1 Å². The number of fused-ring (bicyclic) bond motifs is 1. The largest absolute Gasteiger partial charge is 0.367 e. The summed E-state index contributed by atoms with van der Waals surface area (Å²) in [6, 6.07) is 7.39. The highest BCUT2D eigenvalue weighted by Crippen LogP contribution is 2.28.